The van der Waals surface area contributed by atoms with E-state index in [0.29, 0.717) is 36.2 Å². The Morgan fingerprint density at radius 3 is 2.60 bits per heavy atom. The van der Waals surface area contributed by atoms with Gasteiger partial charge < -0.3 is 0 Å². The Kier molecular flexibility index (Phi) is 3.22. The molecule has 2 rings (SSSR count). The lowest BCUT2D eigenvalue weighted by Gasteiger charge is -2.34. The minimum atomic E-state index is 0.0709. The van der Waals surface area contributed by atoms with Crippen LogP contribution in [0.5, 0.6) is 0 Å². The van der Waals surface area contributed by atoms with E-state index in [0.717, 1.165) is 25.7 Å². The molecule has 2 heteroatoms. The van der Waals surface area contributed by atoms with E-state index in [4.69, 9.17) is 0 Å². The molecule has 0 N–H and O–H groups in total. The van der Waals surface area contributed by atoms with E-state index in [1.54, 1.807) is 0 Å². The molecule has 2 fully saturated rings. The molecule has 2 nitrogen and oxygen atoms in total. The lowest BCUT2D eigenvalue weighted by molar-refractivity contribution is -0.137. The zero-order valence-corrected chi connectivity index (χ0v) is 9.50. The average molecular weight is 208 g/mol. The lowest BCUT2D eigenvalue weighted by atomic mass is 9.68. The van der Waals surface area contributed by atoms with Crippen molar-refractivity contribution in [1.82, 2.24) is 0 Å². The summed E-state index contributed by atoms with van der Waals surface area (Å²) < 4.78 is 0. The second kappa shape index (κ2) is 4.46. The fourth-order valence-electron chi connectivity index (χ4n) is 2.88. The molecule has 2 atom stereocenters. The third-order valence-electron chi connectivity index (χ3n) is 4.21. The van der Waals surface area contributed by atoms with Gasteiger partial charge in [-0.3, -0.25) is 9.59 Å². The van der Waals surface area contributed by atoms with E-state index in [9.17, 15) is 9.59 Å². The fraction of sp³-hybridized carbons (Fsp3) is 0.846. The van der Waals surface area contributed by atoms with Gasteiger partial charge in [0.1, 0.15) is 11.6 Å². The van der Waals surface area contributed by atoms with Gasteiger partial charge in [-0.15, -0.1) is 0 Å². The number of carbonyl (C=O) groups excluding carboxylic acids is 2. The first kappa shape index (κ1) is 10.8. The molecule has 2 aliphatic rings. The van der Waals surface area contributed by atoms with Gasteiger partial charge in [-0.25, -0.2) is 0 Å². The first-order chi connectivity index (χ1) is 7.22. The Hall–Kier alpha value is -0.660. The van der Waals surface area contributed by atoms with Gasteiger partial charge >= 0.3 is 0 Å². The highest BCUT2D eigenvalue weighted by atomic mass is 16.1. The van der Waals surface area contributed by atoms with Gasteiger partial charge in [0, 0.05) is 24.7 Å². The second-order valence-electron chi connectivity index (χ2n) is 5.09. The first-order valence-corrected chi connectivity index (χ1v) is 6.27. The fourth-order valence-corrected chi connectivity index (χ4v) is 2.88. The van der Waals surface area contributed by atoms with Crippen LogP contribution >= 0.6 is 0 Å². The van der Waals surface area contributed by atoms with Crippen molar-refractivity contribution in [2.75, 3.05) is 0 Å². The molecule has 0 aromatic carbocycles. The van der Waals surface area contributed by atoms with E-state index in [1.165, 1.54) is 6.42 Å². The first-order valence-electron chi connectivity index (χ1n) is 6.27. The van der Waals surface area contributed by atoms with Crippen LogP contribution in [0.1, 0.15) is 51.9 Å². The van der Waals surface area contributed by atoms with Crippen LogP contribution in [0.4, 0.5) is 0 Å². The number of carbonyl (C=O) groups is 2. The molecule has 84 valence electrons. The van der Waals surface area contributed by atoms with Crippen molar-refractivity contribution in [2.45, 2.75) is 51.9 Å². The maximum absolute atomic E-state index is 12.1. The number of ketones is 2. The highest BCUT2D eigenvalue weighted by molar-refractivity contribution is 5.90. The number of hydrogen-bond donors (Lipinski definition) is 0. The molecule has 2 unspecified atom stereocenters. The van der Waals surface area contributed by atoms with E-state index >= 15 is 0 Å². The van der Waals surface area contributed by atoms with E-state index in [-0.39, 0.29) is 5.92 Å². The molecule has 0 spiro atoms. The maximum atomic E-state index is 12.1. The largest absolute Gasteiger partial charge is 0.300 e. The summed E-state index contributed by atoms with van der Waals surface area (Å²) >= 11 is 0. The molecule has 0 aromatic heterocycles. The normalized spacial score (nSPS) is 32.5. The Balaban J connectivity index is 2.02. The van der Waals surface area contributed by atoms with Crippen molar-refractivity contribution in [3.05, 3.63) is 0 Å². The minimum absolute atomic E-state index is 0.0709. The van der Waals surface area contributed by atoms with Crippen molar-refractivity contribution in [2.24, 2.45) is 17.8 Å². The van der Waals surface area contributed by atoms with Gasteiger partial charge in [-0.2, -0.15) is 0 Å². The summed E-state index contributed by atoms with van der Waals surface area (Å²) in [5.74, 6) is 1.56. The van der Waals surface area contributed by atoms with Crippen LogP contribution in [0, 0.1) is 17.8 Å². The molecule has 0 aliphatic heterocycles. The zero-order valence-electron chi connectivity index (χ0n) is 9.50. The third kappa shape index (κ3) is 2.14. The van der Waals surface area contributed by atoms with Crippen molar-refractivity contribution in [3.8, 4) is 0 Å². The molecule has 15 heavy (non-hydrogen) atoms. The number of Topliss-reactive ketones (excluding diaryl/α,β-unsaturated/α-hetero) is 2. The zero-order chi connectivity index (χ0) is 10.8. The van der Waals surface area contributed by atoms with Gasteiger partial charge in [0.15, 0.2) is 0 Å². The van der Waals surface area contributed by atoms with Crippen molar-refractivity contribution >= 4 is 11.6 Å². The van der Waals surface area contributed by atoms with Gasteiger partial charge in [-0.1, -0.05) is 19.8 Å². The Morgan fingerprint density at radius 1 is 1.33 bits per heavy atom. The predicted molar refractivity (Wildman–Crippen MR) is 58.5 cm³/mol. The topological polar surface area (TPSA) is 34.1 Å². The average Bonchev–Trinajstić information content (AvgIpc) is 2.15. The molecule has 0 aromatic rings. The molecule has 0 amide bonds. The molecular formula is C13H20O2. The summed E-state index contributed by atoms with van der Waals surface area (Å²) in [6, 6.07) is 0. The molecular weight excluding hydrogens is 188 g/mol. The summed E-state index contributed by atoms with van der Waals surface area (Å²) in [5.41, 5.74) is 0. The predicted octanol–water partition coefficient (Wildman–Crippen LogP) is 2.75. The highest BCUT2D eigenvalue weighted by Crippen LogP contribution is 2.37. The van der Waals surface area contributed by atoms with Crippen molar-refractivity contribution in [3.63, 3.8) is 0 Å². The van der Waals surface area contributed by atoms with Crippen LogP contribution < -0.4 is 0 Å². The van der Waals surface area contributed by atoms with Crippen LogP contribution in [0.15, 0.2) is 0 Å². The minimum Gasteiger partial charge on any atom is -0.300 e. The van der Waals surface area contributed by atoms with Crippen LogP contribution in [0.2, 0.25) is 0 Å². The van der Waals surface area contributed by atoms with E-state index in [2.05, 4.69) is 6.92 Å². The monoisotopic (exact) mass is 208 g/mol. The Morgan fingerprint density at radius 2 is 2.07 bits per heavy atom. The van der Waals surface area contributed by atoms with E-state index in [1.807, 2.05) is 0 Å². The van der Waals surface area contributed by atoms with Crippen LogP contribution in [-0.4, -0.2) is 11.6 Å². The standard InChI is InChI=1S/C13H20O2/c1-2-9-6-7-11(14)8-12(9)13(15)10-4-3-5-10/h9-10,12H,2-8H2,1H3. The molecule has 0 radical (unpaired) electrons. The van der Waals surface area contributed by atoms with Gasteiger partial charge in [0.05, 0.1) is 0 Å². The van der Waals surface area contributed by atoms with Crippen LogP contribution in [-0.2, 0) is 9.59 Å². The molecule has 2 saturated carbocycles. The summed E-state index contributed by atoms with van der Waals surface area (Å²) in [4.78, 5) is 23.6. The Labute approximate surface area is 91.4 Å². The van der Waals surface area contributed by atoms with Crippen LogP contribution in [0.3, 0.4) is 0 Å². The third-order valence-corrected chi connectivity index (χ3v) is 4.21. The summed E-state index contributed by atoms with van der Waals surface area (Å²) in [7, 11) is 0. The van der Waals surface area contributed by atoms with Gasteiger partial charge in [0.2, 0.25) is 0 Å². The molecule has 0 bridgehead atoms. The summed E-state index contributed by atoms with van der Waals surface area (Å²) in [6.45, 7) is 2.14. The number of rotatable bonds is 3. The maximum Gasteiger partial charge on any atom is 0.139 e. The van der Waals surface area contributed by atoms with Crippen molar-refractivity contribution < 1.29 is 9.59 Å². The van der Waals surface area contributed by atoms with E-state index < -0.39 is 0 Å². The SMILES string of the molecule is CCC1CCC(=O)CC1C(=O)C1CCC1. The summed E-state index contributed by atoms with van der Waals surface area (Å²) in [5, 5.41) is 0. The number of hydrogen-bond acceptors (Lipinski definition) is 2. The molecule has 2 aliphatic carbocycles. The summed E-state index contributed by atoms with van der Waals surface area (Å²) in [6.07, 6.45) is 6.57. The second-order valence-corrected chi connectivity index (χ2v) is 5.09. The van der Waals surface area contributed by atoms with Gasteiger partial charge in [-0.05, 0) is 25.2 Å². The lowest BCUT2D eigenvalue weighted by Crippen LogP contribution is -2.37. The van der Waals surface area contributed by atoms with Crippen LogP contribution in [0.25, 0.3) is 0 Å². The van der Waals surface area contributed by atoms with Crippen molar-refractivity contribution in [1.29, 1.82) is 0 Å². The molecule has 0 heterocycles. The quantitative estimate of drug-likeness (QED) is 0.714. The van der Waals surface area contributed by atoms with Gasteiger partial charge in [0.25, 0.3) is 0 Å². The molecule has 0 saturated heterocycles. The highest BCUT2D eigenvalue weighted by Gasteiger charge is 2.38. The smallest absolute Gasteiger partial charge is 0.139 e. The Bertz CT molecular complexity index is 266.